The van der Waals surface area contributed by atoms with Gasteiger partial charge in [0.2, 0.25) is 0 Å². The Morgan fingerprint density at radius 2 is 1.81 bits per heavy atom. The van der Waals surface area contributed by atoms with Crippen LogP contribution in [0, 0.1) is 17.0 Å². The van der Waals surface area contributed by atoms with Crippen molar-refractivity contribution in [2.75, 3.05) is 11.9 Å². The van der Waals surface area contributed by atoms with E-state index < -0.39 is 4.92 Å². The fourth-order valence-electron chi connectivity index (χ4n) is 1.91. The van der Waals surface area contributed by atoms with Gasteiger partial charge in [-0.3, -0.25) is 10.1 Å². The van der Waals surface area contributed by atoms with E-state index in [1.54, 1.807) is 18.2 Å². The normalized spacial score (nSPS) is 10.4. The van der Waals surface area contributed by atoms with Gasteiger partial charge in [-0.15, -0.1) is 0 Å². The van der Waals surface area contributed by atoms with Crippen LogP contribution >= 0.6 is 23.2 Å². The Hall–Kier alpha value is -1.78. The van der Waals surface area contributed by atoms with Crippen LogP contribution in [0.5, 0.6) is 0 Å². The fraction of sp³-hybridized carbons (Fsp3) is 0.200. The molecule has 2 aromatic carbocycles. The molecule has 0 amide bonds. The summed E-state index contributed by atoms with van der Waals surface area (Å²) in [5.74, 6) is 0. The molecule has 0 aliphatic heterocycles. The van der Waals surface area contributed by atoms with Crippen molar-refractivity contribution in [3.8, 4) is 0 Å². The van der Waals surface area contributed by atoms with Gasteiger partial charge in [-0.05, 0) is 36.6 Å². The molecule has 0 aliphatic carbocycles. The van der Waals surface area contributed by atoms with Gasteiger partial charge in [-0.1, -0.05) is 35.3 Å². The molecule has 0 aliphatic rings. The molecule has 0 aromatic heterocycles. The number of hydrogen-bond acceptors (Lipinski definition) is 3. The standard InChI is InChI=1S/C15H14Cl2N2O2/c1-10-8-14(17)15(9-13(10)16)18-7-6-11-2-4-12(5-3-11)19(20)21/h2-5,8-9,18H,6-7H2,1H3. The molecule has 0 fully saturated rings. The van der Waals surface area contributed by atoms with E-state index in [0.29, 0.717) is 16.6 Å². The van der Waals surface area contributed by atoms with E-state index in [1.807, 2.05) is 13.0 Å². The van der Waals surface area contributed by atoms with E-state index in [9.17, 15) is 10.1 Å². The Balaban J connectivity index is 1.95. The number of rotatable bonds is 5. The number of hydrogen-bond donors (Lipinski definition) is 1. The lowest BCUT2D eigenvalue weighted by Gasteiger charge is -2.10. The third-order valence-electron chi connectivity index (χ3n) is 3.12. The van der Waals surface area contributed by atoms with Crippen LogP contribution in [0.15, 0.2) is 36.4 Å². The molecule has 6 heteroatoms. The highest BCUT2D eigenvalue weighted by molar-refractivity contribution is 6.35. The number of nitrogens with one attached hydrogen (secondary N) is 1. The van der Waals surface area contributed by atoms with Gasteiger partial charge in [0, 0.05) is 23.7 Å². The maximum absolute atomic E-state index is 10.6. The van der Waals surface area contributed by atoms with Gasteiger partial charge < -0.3 is 5.32 Å². The number of nitro groups is 1. The number of benzene rings is 2. The quantitative estimate of drug-likeness (QED) is 0.630. The van der Waals surface area contributed by atoms with E-state index in [4.69, 9.17) is 23.2 Å². The highest BCUT2D eigenvalue weighted by Gasteiger charge is 2.06. The Morgan fingerprint density at radius 1 is 1.14 bits per heavy atom. The molecule has 1 N–H and O–H groups in total. The maximum atomic E-state index is 10.6. The SMILES string of the molecule is Cc1cc(Cl)c(NCCc2ccc([N+](=O)[O-])cc2)cc1Cl. The third kappa shape index (κ3) is 4.09. The lowest BCUT2D eigenvalue weighted by atomic mass is 10.1. The monoisotopic (exact) mass is 324 g/mol. The van der Waals surface area contributed by atoms with Crippen molar-refractivity contribution in [2.24, 2.45) is 0 Å². The molecular formula is C15H14Cl2N2O2. The molecule has 0 bridgehead atoms. The van der Waals surface area contributed by atoms with Gasteiger partial charge in [0.05, 0.1) is 15.6 Å². The summed E-state index contributed by atoms with van der Waals surface area (Å²) in [6.45, 7) is 2.56. The van der Waals surface area contributed by atoms with E-state index in [2.05, 4.69) is 5.32 Å². The predicted octanol–water partition coefficient (Wildman–Crippen LogP) is 4.86. The van der Waals surface area contributed by atoms with E-state index in [0.717, 1.165) is 23.2 Å². The molecule has 0 atom stereocenters. The first-order chi connectivity index (χ1) is 9.97. The second-order valence-corrected chi connectivity index (χ2v) is 5.50. The number of nitrogens with zero attached hydrogens (tertiary/aromatic N) is 1. The number of aryl methyl sites for hydroxylation is 1. The van der Waals surface area contributed by atoms with Gasteiger partial charge in [-0.2, -0.15) is 0 Å². The van der Waals surface area contributed by atoms with Crippen molar-refractivity contribution in [2.45, 2.75) is 13.3 Å². The molecular weight excluding hydrogens is 311 g/mol. The molecule has 110 valence electrons. The number of non-ortho nitro benzene ring substituents is 1. The van der Waals surface area contributed by atoms with Crippen LogP contribution in [0.2, 0.25) is 10.0 Å². The van der Waals surface area contributed by atoms with Crippen molar-refractivity contribution >= 4 is 34.6 Å². The first-order valence-corrected chi connectivity index (χ1v) is 7.16. The molecule has 0 unspecified atom stereocenters. The lowest BCUT2D eigenvalue weighted by molar-refractivity contribution is -0.384. The molecule has 0 saturated carbocycles. The van der Waals surface area contributed by atoms with Crippen molar-refractivity contribution in [3.63, 3.8) is 0 Å². The largest absolute Gasteiger partial charge is 0.383 e. The molecule has 2 aromatic rings. The second kappa shape index (κ2) is 6.78. The Bertz CT molecular complexity index is 657. The van der Waals surface area contributed by atoms with E-state index in [1.165, 1.54) is 12.1 Å². The summed E-state index contributed by atoms with van der Waals surface area (Å²) in [4.78, 5) is 10.2. The third-order valence-corrected chi connectivity index (χ3v) is 3.84. The fourth-order valence-corrected chi connectivity index (χ4v) is 2.36. The van der Waals surface area contributed by atoms with Gasteiger partial charge >= 0.3 is 0 Å². The first-order valence-electron chi connectivity index (χ1n) is 6.40. The van der Waals surface area contributed by atoms with E-state index >= 15 is 0 Å². The van der Waals surface area contributed by atoms with Gasteiger partial charge in [0.25, 0.3) is 5.69 Å². The van der Waals surface area contributed by atoms with Crippen molar-refractivity contribution < 1.29 is 4.92 Å². The van der Waals surface area contributed by atoms with Crippen LogP contribution in [0.1, 0.15) is 11.1 Å². The second-order valence-electron chi connectivity index (χ2n) is 4.68. The molecule has 0 spiro atoms. The highest BCUT2D eigenvalue weighted by atomic mass is 35.5. The molecule has 0 heterocycles. The van der Waals surface area contributed by atoms with Crippen molar-refractivity contribution in [1.29, 1.82) is 0 Å². The molecule has 21 heavy (non-hydrogen) atoms. The maximum Gasteiger partial charge on any atom is 0.269 e. The minimum atomic E-state index is -0.407. The van der Waals surface area contributed by atoms with Crippen molar-refractivity contribution in [3.05, 3.63) is 67.7 Å². The Kier molecular flexibility index (Phi) is 5.04. The van der Waals surface area contributed by atoms with Gasteiger partial charge in [0.15, 0.2) is 0 Å². The van der Waals surface area contributed by atoms with Crippen LogP contribution < -0.4 is 5.32 Å². The van der Waals surface area contributed by atoms with Gasteiger partial charge in [-0.25, -0.2) is 0 Å². The number of anilines is 1. The van der Waals surface area contributed by atoms with Gasteiger partial charge in [0.1, 0.15) is 0 Å². The zero-order valence-electron chi connectivity index (χ0n) is 11.4. The predicted molar refractivity (Wildman–Crippen MR) is 86.5 cm³/mol. The summed E-state index contributed by atoms with van der Waals surface area (Å²) in [7, 11) is 0. The molecule has 0 radical (unpaired) electrons. The minimum Gasteiger partial charge on any atom is -0.383 e. The molecule has 2 rings (SSSR count). The average Bonchev–Trinajstić information content (AvgIpc) is 2.45. The van der Waals surface area contributed by atoms with Crippen LogP contribution in [0.25, 0.3) is 0 Å². The Morgan fingerprint density at radius 3 is 2.43 bits per heavy atom. The smallest absolute Gasteiger partial charge is 0.269 e. The summed E-state index contributed by atoms with van der Waals surface area (Å²) in [6.07, 6.45) is 0.736. The van der Waals surface area contributed by atoms with Crippen LogP contribution in [-0.4, -0.2) is 11.5 Å². The van der Waals surface area contributed by atoms with Crippen LogP contribution in [0.4, 0.5) is 11.4 Å². The summed E-state index contributed by atoms with van der Waals surface area (Å²) in [6, 6.07) is 10.1. The first kappa shape index (κ1) is 15.6. The summed E-state index contributed by atoms with van der Waals surface area (Å²) in [5.41, 5.74) is 2.83. The Labute approximate surface area is 132 Å². The highest BCUT2D eigenvalue weighted by Crippen LogP contribution is 2.28. The summed E-state index contributed by atoms with van der Waals surface area (Å²) in [5, 5.41) is 15.1. The van der Waals surface area contributed by atoms with Crippen molar-refractivity contribution in [1.82, 2.24) is 0 Å². The molecule has 4 nitrogen and oxygen atoms in total. The number of halogens is 2. The minimum absolute atomic E-state index is 0.0973. The average molecular weight is 325 g/mol. The molecule has 0 saturated heterocycles. The van der Waals surface area contributed by atoms with E-state index in [-0.39, 0.29) is 5.69 Å². The number of nitro benzene ring substituents is 1. The zero-order chi connectivity index (χ0) is 15.4. The topological polar surface area (TPSA) is 55.2 Å². The van der Waals surface area contributed by atoms with Crippen LogP contribution in [0.3, 0.4) is 0 Å². The van der Waals surface area contributed by atoms with Crippen LogP contribution in [-0.2, 0) is 6.42 Å². The summed E-state index contributed by atoms with van der Waals surface area (Å²) >= 11 is 12.2. The summed E-state index contributed by atoms with van der Waals surface area (Å²) < 4.78 is 0. The lowest BCUT2D eigenvalue weighted by Crippen LogP contribution is -2.05. The zero-order valence-corrected chi connectivity index (χ0v) is 12.9.